The smallest absolute Gasteiger partial charge is 0.338 e. The molecule has 206 valence electrons. The number of hydrogen-bond donors (Lipinski definition) is 1. The maximum atomic E-state index is 14.4. The van der Waals surface area contributed by atoms with Crippen molar-refractivity contribution in [3.05, 3.63) is 101 Å². The number of carbonyl (C=O) groups excluding carboxylic acids is 2. The van der Waals surface area contributed by atoms with Crippen LogP contribution in [-0.2, 0) is 19.0 Å². The summed E-state index contributed by atoms with van der Waals surface area (Å²) in [5.41, 5.74) is 2.19. The molecule has 1 unspecified atom stereocenters. The third-order valence-electron chi connectivity index (χ3n) is 6.53. The van der Waals surface area contributed by atoms with Gasteiger partial charge in [-0.1, -0.05) is 54.6 Å². The van der Waals surface area contributed by atoms with Gasteiger partial charge in [-0.05, 0) is 36.8 Å². The third-order valence-corrected chi connectivity index (χ3v) is 6.72. The molecule has 0 radical (unpaired) electrons. The highest BCUT2D eigenvalue weighted by Crippen LogP contribution is 2.38. The second kappa shape index (κ2) is 11.4. The van der Waals surface area contributed by atoms with Gasteiger partial charge in [-0.25, -0.2) is 18.9 Å². The number of esters is 2. The molecule has 40 heavy (non-hydrogen) atoms. The van der Waals surface area contributed by atoms with Crippen molar-refractivity contribution < 1.29 is 28.2 Å². The number of fused-ring (bicyclic) bond motifs is 1. The Hall–Kier alpha value is -4.28. The number of rotatable bonds is 8. The average molecular weight is 565 g/mol. The summed E-state index contributed by atoms with van der Waals surface area (Å²) in [6.45, 7) is 6.99. The minimum Gasteiger partial charge on any atom is -0.459 e. The van der Waals surface area contributed by atoms with Gasteiger partial charge in [0.1, 0.15) is 23.7 Å². The third kappa shape index (κ3) is 5.54. The molecule has 3 heterocycles. The van der Waals surface area contributed by atoms with Crippen molar-refractivity contribution >= 4 is 40.3 Å². The fourth-order valence-corrected chi connectivity index (χ4v) is 4.77. The van der Waals surface area contributed by atoms with Crippen LogP contribution in [0.4, 0.5) is 10.1 Å². The van der Waals surface area contributed by atoms with Crippen molar-refractivity contribution in [3.63, 3.8) is 0 Å². The van der Waals surface area contributed by atoms with Gasteiger partial charge in [-0.3, -0.25) is 4.79 Å². The van der Waals surface area contributed by atoms with Crippen molar-refractivity contribution in [2.45, 2.75) is 38.3 Å². The van der Waals surface area contributed by atoms with E-state index in [4.69, 9.17) is 25.8 Å². The maximum absolute atomic E-state index is 14.4. The summed E-state index contributed by atoms with van der Waals surface area (Å²) in [5, 5.41) is 8.48. The minimum atomic E-state index is -0.961. The quantitative estimate of drug-likeness (QED) is 0.167. The molecule has 2 aromatic heterocycles. The van der Waals surface area contributed by atoms with E-state index in [0.717, 1.165) is 0 Å². The molecule has 1 aliphatic heterocycles. The van der Waals surface area contributed by atoms with E-state index < -0.39 is 36.4 Å². The van der Waals surface area contributed by atoms with Crippen LogP contribution in [0, 0.1) is 5.82 Å². The molecule has 1 aliphatic rings. The lowest BCUT2D eigenvalue weighted by Gasteiger charge is -2.20. The van der Waals surface area contributed by atoms with E-state index in [2.05, 4.69) is 22.0 Å². The van der Waals surface area contributed by atoms with E-state index in [1.54, 1.807) is 60.8 Å². The van der Waals surface area contributed by atoms with Gasteiger partial charge in [-0.2, -0.15) is 5.10 Å². The molecule has 1 N–H and O–H groups in total. The van der Waals surface area contributed by atoms with Crippen LogP contribution in [0.15, 0.2) is 79.0 Å². The zero-order valence-corrected chi connectivity index (χ0v) is 22.5. The summed E-state index contributed by atoms with van der Waals surface area (Å²) in [6, 6.07) is 16.2. The summed E-state index contributed by atoms with van der Waals surface area (Å²) in [7, 11) is 0. The van der Waals surface area contributed by atoms with E-state index in [0.29, 0.717) is 33.4 Å². The number of halogens is 2. The molecule has 4 atom stereocenters. The molecular formula is C29H26ClFN4O5. The summed E-state index contributed by atoms with van der Waals surface area (Å²) >= 11 is 6.37. The van der Waals surface area contributed by atoms with Crippen LogP contribution in [0.5, 0.6) is 0 Å². The standard InChI is InChI=1S/C29H26ClFN4O5/c1-16-24(15-38-29(37)19-9-5-4-6-10-19)40-28(26(16)39-18(3)36)35-27-21(14-32-35)23(13-25(30)34-27)33-17(2)20-11-7-8-12-22(20)31/h4-14,17,24,26,28H,1,15H2,2-3H3,(H,33,34)/t17?,24-,26-,28-/m1/s1. The molecule has 2 aromatic carbocycles. The molecule has 1 fully saturated rings. The summed E-state index contributed by atoms with van der Waals surface area (Å²) in [4.78, 5) is 28.9. The normalized spacial score (nSPS) is 19.4. The molecule has 0 saturated carbocycles. The number of benzene rings is 2. The zero-order valence-electron chi connectivity index (χ0n) is 21.7. The number of anilines is 1. The monoisotopic (exact) mass is 564 g/mol. The number of hydrogen-bond acceptors (Lipinski definition) is 8. The number of nitrogens with zero attached hydrogens (tertiary/aromatic N) is 3. The van der Waals surface area contributed by atoms with Gasteiger partial charge < -0.3 is 19.5 Å². The van der Waals surface area contributed by atoms with Gasteiger partial charge in [0, 0.05) is 12.5 Å². The number of pyridine rings is 1. The highest BCUT2D eigenvalue weighted by Gasteiger charge is 2.44. The van der Waals surface area contributed by atoms with Crippen LogP contribution in [0.25, 0.3) is 11.0 Å². The zero-order chi connectivity index (χ0) is 28.4. The molecular weight excluding hydrogens is 539 g/mol. The second-order valence-electron chi connectivity index (χ2n) is 9.29. The number of carbonyl (C=O) groups is 2. The van der Waals surface area contributed by atoms with Gasteiger partial charge in [-0.15, -0.1) is 0 Å². The van der Waals surface area contributed by atoms with Gasteiger partial charge >= 0.3 is 11.9 Å². The predicted molar refractivity (Wildman–Crippen MR) is 146 cm³/mol. The first-order chi connectivity index (χ1) is 19.2. The first-order valence-corrected chi connectivity index (χ1v) is 12.9. The molecule has 5 rings (SSSR count). The molecule has 9 nitrogen and oxygen atoms in total. The lowest BCUT2D eigenvalue weighted by atomic mass is 10.1. The lowest BCUT2D eigenvalue weighted by molar-refractivity contribution is -0.151. The average Bonchev–Trinajstić information content (AvgIpc) is 3.48. The van der Waals surface area contributed by atoms with Crippen molar-refractivity contribution in [2.24, 2.45) is 0 Å². The fourth-order valence-electron chi connectivity index (χ4n) is 4.58. The Morgan fingerprint density at radius 3 is 2.65 bits per heavy atom. The topological polar surface area (TPSA) is 105 Å². The number of aromatic nitrogens is 3. The number of nitrogens with one attached hydrogen (secondary N) is 1. The summed E-state index contributed by atoms with van der Waals surface area (Å²) in [6.07, 6.45) is -1.11. The molecule has 11 heteroatoms. The first-order valence-electron chi connectivity index (χ1n) is 12.5. The highest BCUT2D eigenvalue weighted by molar-refractivity contribution is 6.30. The van der Waals surface area contributed by atoms with E-state index in [1.165, 1.54) is 17.7 Å². The summed E-state index contributed by atoms with van der Waals surface area (Å²) < 4.78 is 33.0. The van der Waals surface area contributed by atoms with Gasteiger partial charge in [0.25, 0.3) is 0 Å². The largest absolute Gasteiger partial charge is 0.459 e. The molecule has 4 aromatic rings. The van der Waals surface area contributed by atoms with E-state index in [-0.39, 0.29) is 17.6 Å². The lowest BCUT2D eigenvalue weighted by Crippen LogP contribution is -2.26. The molecule has 1 saturated heterocycles. The van der Waals surface area contributed by atoms with E-state index in [9.17, 15) is 14.0 Å². The van der Waals surface area contributed by atoms with Crippen molar-refractivity contribution in [1.29, 1.82) is 0 Å². The Morgan fingerprint density at radius 1 is 1.20 bits per heavy atom. The molecule has 0 amide bonds. The van der Waals surface area contributed by atoms with E-state index in [1.807, 2.05) is 6.92 Å². The van der Waals surface area contributed by atoms with Crippen LogP contribution >= 0.6 is 11.6 Å². The Bertz CT molecular complexity index is 1580. The maximum Gasteiger partial charge on any atom is 0.338 e. The van der Waals surface area contributed by atoms with Crippen molar-refractivity contribution in [1.82, 2.24) is 14.8 Å². The van der Waals surface area contributed by atoms with Crippen molar-refractivity contribution in [3.8, 4) is 0 Å². The van der Waals surface area contributed by atoms with Crippen LogP contribution in [-0.4, -0.2) is 45.5 Å². The van der Waals surface area contributed by atoms with Crippen molar-refractivity contribution in [2.75, 3.05) is 11.9 Å². The van der Waals surface area contributed by atoms with Crippen LogP contribution in [0.1, 0.15) is 42.0 Å². The molecule has 0 spiro atoms. The van der Waals surface area contributed by atoms with Crippen LogP contribution < -0.4 is 5.32 Å². The SMILES string of the molecule is C=C1[C@@H](OC(C)=O)[C@H](n2ncc3c(NC(C)c4ccccc4F)cc(Cl)nc32)O[C@@H]1COC(=O)c1ccccc1. The Balaban J connectivity index is 1.42. The van der Waals surface area contributed by atoms with Crippen LogP contribution in [0.3, 0.4) is 0 Å². The molecule has 0 aliphatic carbocycles. The molecule has 0 bridgehead atoms. The predicted octanol–water partition coefficient (Wildman–Crippen LogP) is 5.64. The second-order valence-corrected chi connectivity index (χ2v) is 9.68. The Kier molecular flexibility index (Phi) is 7.81. The number of ether oxygens (including phenoxy) is 3. The minimum absolute atomic E-state index is 0.152. The highest BCUT2D eigenvalue weighted by atomic mass is 35.5. The van der Waals surface area contributed by atoms with Gasteiger partial charge in [0.15, 0.2) is 18.0 Å². The fraction of sp³-hybridized carbons (Fsp3) is 0.241. The Morgan fingerprint density at radius 2 is 1.93 bits per heavy atom. The van der Waals surface area contributed by atoms with E-state index >= 15 is 0 Å². The van der Waals surface area contributed by atoms with Crippen LogP contribution in [0.2, 0.25) is 5.15 Å². The van der Waals surface area contributed by atoms with Gasteiger partial charge in [0.05, 0.1) is 28.9 Å². The van der Waals surface area contributed by atoms with Gasteiger partial charge in [0.2, 0.25) is 0 Å². The summed E-state index contributed by atoms with van der Waals surface area (Å²) in [5.74, 6) is -1.41. The first kappa shape index (κ1) is 27.3. The Labute approximate surface area is 234 Å².